The van der Waals surface area contributed by atoms with Crippen molar-refractivity contribution >= 4 is 21.4 Å². The van der Waals surface area contributed by atoms with Crippen LogP contribution in [0.25, 0.3) is 10.6 Å². The van der Waals surface area contributed by atoms with Crippen molar-refractivity contribution in [1.82, 2.24) is 14.2 Å². The van der Waals surface area contributed by atoms with Gasteiger partial charge in [0.05, 0.1) is 24.8 Å². The van der Waals surface area contributed by atoms with Crippen LogP contribution in [-0.2, 0) is 16.6 Å². The van der Waals surface area contributed by atoms with Crippen LogP contribution < -0.4 is 9.47 Å². The summed E-state index contributed by atoms with van der Waals surface area (Å²) >= 11 is 1.58. The number of hydrogen-bond donors (Lipinski definition) is 0. The van der Waals surface area contributed by atoms with Gasteiger partial charge in [0, 0.05) is 43.7 Å². The van der Waals surface area contributed by atoms with Gasteiger partial charge in [-0.3, -0.25) is 4.90 Å². The Morgan fingerprint density at radius 3 is 2.38 bits per heavy atom. The number of piperazine rings is 1. The monoisotopic (exact) mass is 477 g/mol. The third-order valence-electron chi connectivity index (χ3n) is 5.37. The van der Waals surface area contributed by atoms with Gasteiger partial charge in [-0.25, -0.2) is 17.8 Å². The summed E-state index contributed by atoms with van der Waals surface area (Å²) in [6, 6.07) is 11.5. The maximum Gasteiger partial charge on any atom is 0.243 e. The van der Waals surface area contributed by atoms with Gasteiger partial charge in [-0.15, -0.1) is 11.3 Å². The van der Waals surface area contributed by atoms with Crippen molar-refractivity contribution < 1.29 is 22.3 Å². The van der Waals surface area contributed by atoms with E-state index in [1.54, 1.807) is 18.4 Å². The third kappa shape index (κ3) is 4.78. The Morgan fingerprint density at radius 2 is 1.75 bits per heavy atom. The molecule has 7 nitrogen and oxygen atoms in total. The van der Waals surface area contributed by atoms with E-state index >= 15 is 0 Å². The molecule has 0 N–H and O–H groups in total. The zero-order valence-electron chi connectivity index (χ0n) is 17.8. The number of sulfonamides is 1. The van der Waals surface area contributed by atoms with Gasteiger partial charge in [0.1, 0.15) is 10.8 Å². The van der Waals surface area contributed by atoms with Crippen molar-refractivity contribution in [3.63, 3.8) is 0 Å². The molecular weight excluding hydrogens is 453 g/mol. The Bertz CT molecular complexity index is 1170. The van der Waals surface area contributed by atoms with Gasteiger partial charge in [-0.05, 0) is 42.5 Å². The predicted molar refractivity (Wildman–Crippen MR) is 121 cm³/mol. The number of ether oxygens (including phenoxy) is 2. The summed E-state index contributed by atoms with van der Waals surface area (Å²) < 4.78 is 51.2. The van der Waals surface area contributed by atoms with E-state index < -0.39 is 15.8 Å². The Labute approximate surface area is 191 Å². The second-order valence-corrected chi connectivity index (χ2v) is 10.1. The molecule has 3 aromatic rings. The largest absolute Gasteiger partial charge is 0.497 e. The van der Waals surface area contributed by atoms with Gasteiger partial charge >= 0.3 is 0 Å². The number of nitrogens with zero attached hydrogens (tertiary/aromatic N) is 3. The molecule has 0 spiro atoms. The Balaban J connectivity index is 1.37. The lowest BCUT2D eigenvalue weighted by Gasteiger charge is -2.33. The number of thiazole rings is 1. The molecule has 32 heavy (non-hydrogen) atoms. The lowest BCUT2D eigenvalue weighted by atomic mass is 10.2. The van der Waals surface area contributed by atoms with Crippen molar-refractivity contribution in [3.05, 3.63) is 59.4 Å². The lowest BCUT2D eigenvalue weighted by Crippen LogP contribution is -2.48. The zero-order valence-corrected chi connectivity index (χ0v) is 19.5. The van der Waals surface area contributed by atoms with E-state index in [0.717, 1.165) is 28.1 Å². The van der Waals surface area contributed by atoms with Crippen LogP contribution in [0.15, 0.2) is 52.7 Å². The van der Waals surface area contributed by atoms with Crippen molar-refractivity contribution in [1.29, 1.82) is 0 Å². The molecule has 1 aliphatic rings. The summed E-state index contributed by atoms with van der Waals surface area (Å²) in [5.74, 6) is 0.130. The number of halogens is 1. The molecule has 1 aliphatic heterocycles. The summed E-state index contributed by atoms with van der Waals surface area (Å²) in [5, 5.41) is 2.97. The first-order valence-corrected chi connectivity index (χ1v) is 12.4. The number of benzene rings is 2. The normalized spacial score (nSPS) is 15.6. The van der Waals surface area contributed by atoms with E-state index in [-0.39, 0.29) is 10.6 Å². The highest BCUT2D eigenvalue weighted by Gasteiger charge is 2.29. The van der Waals surface area contributed by atoms with Crippen molar-refractivity contribution in [2.75, 3.05) is 40.4 Å². The summed E-state index contributed by atoms with van der Waals surface area (Å²) in [6.07, 6.45) is 0. The van der Waals surface area contributed by atoms with Crippen LogP contribution in [0.4, 0.5) is 4.39 Å². The van der Waals surface area contributed by atoms with Gasteiger partial charge < -0.3 is 9.47 Å². The Hall–Kier alpha value is -2.53. The minimum atomic E-state index is -3.76. The molecule has 0 bridgehead atoms. The molecule has 10 heteroatoms. The lowest BCUT2D eigenvalue weighted by molar-refractivity contribution is 0.180. The molecule has 1 saturated heterocycles. The highest BCUT2D eigenvalue weighted by Crippen LogP contribution is 2.27. The molecule has 0 saturated carbocycles. The van der Waals surface area contributed by atoms with Gasteiger partial charge in [0.25, 0.3) is 0 Å². The second kappa shape index (κ2) is 9.53. The minimum absolute atomic E-state index is 0.0195. The summed E-state index contributed by atoms with van der Waals surface area (Å²) in [4.78, 5) is 6.83. The van der Waals surface area contributed by atoms with Crippen LogP contribution >= 0.6 is 11.3 Å². The number of rotatable bonds is 7. The first-order chi connectivity index (χ1) is 15.4. The molecule has 0 radical (unpaired) electrons. The first kappa shape index (κ1) is 22.7. The molecule has 4 rings (SSSR count). The fourth-order valence-electron chi connectivity index (χ4n) is 3.56. The molecule has 0 amide bonds. The van der Waals surface area contributed by atoms with E-state index in [4.69, 9.17) is 14.5 Å². The molecule has 1 fully saturated rings. The van der Waals surface area contributed by atoms with Crippen LogP contribution in [0.3, 0.4) is 0 Å². The van der Waals surface area contributed by atoms with E-state index in [0.29, 0.717) is 32.7 Å². The third-order valence-corrected chi connectivity index (χ3v) is 8.20. The molecule has 0 unspecified atom stereocenters. The van der Waals surface area contributed by atoms with E-state index in [1.807, 2.05) is 29.6 Å². The van der Waals surface area contributed by atoms with Crippen molar-refractivity contribution in [3.8, 4) is 22.1 Å². The SMILES string of the molecule is COc1ccc(-c2nc(CN3CCN(S(=O)(=O)c4ccc(OC)c(F)c4)CC3)cs2)cc1. The zero-order chi connectivity index (χ0) is 22.7. The van der Waals surface area contributed by atoms with Crippen molar-refractivity contribution in [2.45, 2.75) is 11.4 Å². The standard InChI is InChI=1S/C22H24FN3O4S2/c1-29-18-5-3-16(4-6-18)22-24-17(15-31-22)14-25-9-11-26(12-10-25)32(27,28)19-7-8-21(30-2)20(23)13-19/h3-8,13,15H,9-12,14H2,1-2H3. The predicted octanol–water partition coefficient (Wildman–Crippen LogP) is 3.47. The smallest absolute Gasteiger partial charge is 0.243 e. The highest BCUT2D eigenvalue weighted by molar-refractivity contribution is 7.89. The number of aromatic nitrogens is 1. The van der Waals surface area contributed by atoms with Crippen LogP contribution in [0, 0.1) is 5.82 Å². The van der Waals surface area contributed by atoms with Crippen LogP contribution in [0.5, 0.6) is 11.5 Å². The van der Waals surface area contributed by atoms with Gasteiger partial charge in [-0.1, -0.05) is 0 Å². The summed E-state index contributed by atoms with van der Waals surface area (Å²) in [5.41, 5.74) is 1.99. The maximum absolute atomic E-state index is 14.0. The Morgan fingerprint density at radius 1 is 1.03 bits per heavy atom. The number of methoxy groups -OCH3 is 2. The van der Waals surface area contributed by atoms with Crippen LogP contribution in [0.2, 0.25) is 0 Å². The van der Waals surface area contributed by atoms with Crippen molar-refractivity contribution in [2.24, 2.45) is 0 Å². The van der Waals surface area contributed by atoms with Gasteiger partial charge in [-0.2, -0.15) is 4.31 Å². The number of hydrogen-bond acceptors (Lipinski definition) is 7. The first-order valence-electron chi connectivity index (χ1n) is 10.1. The maximum atomic E-state index is 14.0. The topological polar surface area (TPSA) is 72.0 Å². The molecule has 0 aliphatic carbocycles. The summed E-state index contributed by atoms with van der Waals surface area (Å²) in [7, 11) is -0.779. The summed E-state index contributed by atoms with van der Waals surface area (Å²) in [6.45, 7) is 2.48. The second-order valence-electron chi connectivity index (χ2n) is 7.35. The van der Waals surface area contributed by atoms with E-state index in [1.165, 1.54) is 23.5 Å². The average Bonchev–Trinajstić information content (AvgIpc) is 3.28. The fourth-order valence-corrected chi connectivity index (χ4v) is 5.81. The molecular formula is C22H24FN3O4S2. The van der Waals surface area contributed by atoms with Gasteiger partial charge in [0.2, 0.25) is 10.0 Å². The quantitative estimate of drug-likeness (QED) is 0.519. The fraction of sp³-hybridized carbons (Fsp3) is 0.318. The van der Waals surface area contributed by atoms with E-state index in [9.17, 15) is 12.8 Å². The van der Waals surface area contributed by atoms with Gasteiger partial charge in [0.15, 0.2) is 11.6 Å². The van der Waals surface area contributed by atoms with E-state index in [2.05, 4.69) is 4.90 Å². The molecule has 2 heterocycles. The van der Waals surface area contributed by atoms with Crippen LogP contribution in [0.1, 0.15) is 5.69 Å². The molecule has 2 aromatic carbocycles. The van der Waals surface area contributed by atoms with Crippen LogP contribution in [-0.4, -0.2) is 63.0 Å². The molecule has 170 valence electrons. The molecule has 1 aromatic heterocycles. The minimum Gasteiger partial charge on any atom is -0.497 e. The highest BCUT2D eigenvalue weighted by atomic mass is 32.2. The Kier molecular flexibility index (Phi) is 6.75. The average molecular weight is 478 g/mol. The molecule has 0 atom stereocenters.